The molecule has 18 heavy (non-hydrogen) atoms. The maximum atomic E-state index is 4.37. The van der Waals surface area contributed by atoms with Crippen molar-refractivity contribution in [3.8, 4) is 0 Å². The molecule has 2 rings (SSSR count). The molecule has 1 aliphatic carbocycles. The number of halogens is 1. The van der Waals surface area contributed by atoms with Gasteiger partial charge in [-0.15, -0.1) is 10.2 Å². The van der Waals surface area contributed by atoms with Gasteiger partial charge in [-0.2, -0.15) is 0 Å². The van der Waals surface area contributed by atoms with E-state index in [9.17, 15) is 0 Å². The van der Waals surface area contributed by atoms with Gasteiger partial charge in [-0.1, -0.05) is 55.0 Å². The van der Waals surface area contributed by atoms with Gasteiger partial charge in [0, 0.05) is 13.0 Å². The minimum Gasteiger partial charge on any atom is -0.314 e. The zero-order valence-corrected chi connectivity index (χ0v) is 13.0. The highest BCUT2D eigenvalue weighted by Crippen LogP contribution is 2.27. The molecule has 1 saturated carbocycles. The van der Waals surface area contributed by atoms with Gasteiger partial charge in [0.2, 0.25) is 0 Å². The molecule has 0 aromatic carbocycles. The molecule has 0 atom stereocenters. The molecule has 3 nitrogen and oxygen atoms in total. The number of nitrogens with zero attached hydrogens (tertiary/aromatic N) is 3. The standard InChI is InChI=1S/C14H24BrN3/c1-2-10-18-13(16-17-14(18)11-15)9-8-12-6-4-3-5-7-12/h12H,2-11H2,1H3. The molecular weight excluding hydrogens is 290 g/mol. The molecule has 1 aromatic heterocycles. The molecule has 0 amide bonds. The van der Waals surface area contributed by atoms with Gasteiger partial charge < -0.3 is 4.57 Å². The van der Waals surface area contributed by atoms with Crippen LogP contribution in [0.3, 0.4) is 0 Å². The fourth-order valence-corrected chi connectivity index (χ4v) is 3.36. The summed E-state index contributed by atoms with van der Waals surface area (Å²) in [4.78, 5) is 0. The van der Waals surface area contributed by atoms with Gasteiger partial charge in [0.05, 0.1) is 5.33 Å². The molecule has 0 aliphatic heterocycles. The smallest absolute Gasteiger partial charge is 0.143 e. The van der Waals surface area contributed by atoms with E-state index in [-0.39, 0.29) is 0 Å². The van der Waals surface area contributed by atoms with Gasteiger partial charge in [0.25, 0.3) is 0 Å². The van der Waals surface area contributed by atoms with Crippen LogP contribution in [0.25, 0.3) is 0 Å². The summed E-state index contributed by atoms with van der Waals surface area (Å²) in [5, 5.41) is 9.46. The fourth-order valence-electron chi connectivity index (χ4n) is 2.95. The van der Waals surface area contributed by atoms with Crippen LogP contribution < -0.4 is 0 Å². The second-order valence-corrected chi connectivity index (χ2v) is 5.92. The first kappa shape index (κ1) is 14.0. The van der Waals surface area contributed by atoms with Crippen molar-refractivity contribution in [2.45, 2.75) is 70.2 Å². The Bertz CT molecular complexity index is 356. The Kier molecular flexibility index (Phi) is 5.67. The van der Waals surface area contributed by atoms with Gasteiger partial charge in [-0.05, 0) is 18.8 Å². The van der Waals surface area contributed by atoms with Crippen molar-refractivity contribution >= 4 is 15.9 Å². The van der Waals surface area contributed by atoms with E-state index in [1.807, 2.05) is 0 Å². The molecule has 1 heterocycles. The fraction of sp³-hybridized carbons (Fsp3) is 0.857. The van der Waals surface area contributed by atoms with Crippen LogP contribution in [0, 0.1) is 5.92 Å². The van der Waals surface area contributed by atoms with Crippen molar-refractivity contribution < 1.29 is 0 Å². The lowest BCUT2D eigenvalue weighted by atomic mass is 9.86. The number of alkyl halides is 1. The first-order valence-corrected chi connectivity index (χ1v) is 8.44. The largest absolute Gasteiger partial charge is 0.314 e. The van der Waals surface area contributed by atoms with Crippen LogP contribution in [0.2, 0.25) is 0 Å². The maximum absolute atomic E-state index is 4.37. The summed E-state index contributed by atoms with van der Waals surface area (Å²) in [6.45, 7) is 3.26. The lowest BCUT2D eigenvalue weighted by Crippen LogP contribution is -2.11. The Balaban J connectivity index is 1.93. The van der Waals surface area contributed by atoms with E-state index in [1.165, 1.54) is 44.3 Å². The number of hydrogen-bond donors (Lipinski definition) is 0. The molecule has 0 unspecified atom stereocenters. The summed E-state index contributed by atoms with van der Waals surface area (Å²) < 4.78 is 2.30. The van der Waals surface area contributed by atoms with Crippen LogP contribution in [-0.4, -0.2) is 14.8 Å². The molecule has 0 saturated heterocycles. The van der Waals surface area contributed by atoms with Crippen LogP contribution in [0.15, 0.2) is 0 Å². The highest BCUT2D eigenvalue weighted by molar-refractivity contribution is 9.08. The number of hydrogen-bond acceptors (Lipinski definition) is 2. The molecular formula is C14H24BrN3. The van der Waals surface area contributed by atoms with E-state index in [2.05, 4.69) is 37.6 Å². The maximum Gasteiger partial charge on any atom is 0.143 e. The second kappa shape index (κ2) is 7.27. The Hall–Kier alpha value is -0.380. The zero-order valence-electron chi connectivity index (χ0n) is 11.4. The SMILES string of the molecule is CCCn1c(CBr)nnc1CCC1CCCCC1. The Morgan fingerprint density at radius 1 is 1.17 bits per heavy atom. The van der Waals surface area contributed by atoms with Gasteiger partial charge in [0.15, 0.2) is 0 Å². The van der Waals surface area contributed by atoms with Crippen LogP contribution >= 0.6 is 15.9 Å². The number of aromatic nitrogens is 3. The first-order valence-electron chi connectivity index (χ1n) is 7.32. The van der Waals surface area contributed by atoms with E-state index in [0.29, 0.717) is 0 Å². The zero-order chi connectivity index (χ0) is 12.8. The molecule has 102 valence electrons. The van der Waals surface area contributed by atoms with Crippen LogP contribution in [-0.2, 0) is 18.3 Å². The second-order valence-electron chi connectivity index (χ2n) is 5.36. The summed E-state index contributed by atoms with van der Waals surface area (Å²) in [5.41, 5.74) is 0. The summed E-state index contributed by atoms with van der Waals surface area (Å²) in [7, 11) is 0. The van der Waals surface area contributed by atoms with Crippen LogP contribution in [0.4, 0.5) is 0 Å². The van der Waals surface area contributed by atoms with Crippen molar-refractivity contribution in [1.82, 2.24) is 14.8 Å². The van der Waals surface area contributed by atoms with Crippen LogP contribution in [0.5, 0.6) is 0 Å². The Morgan fingerprint density at radius 2 is 1.89 bits per heavy atom. The van der Waals surface area contributed by atoms with Crippen LogP contribution in [0.1, 0.15) is 63.5 Å². The molecule has 4 heteroatoms. The highest BCUT2D eigenvalue weighted by Gasteiger charge is 2.16. The molecule has 1 fully saturated rings. The molecule has 0 bridgehead atoms. The molecule has 1 aromatic rings. The molecule has 0 radical (unpaired) electrons. The monoisotopic (exact) mass is 313 g/mol. The van der Waals surface area contributed by atoms with Crippen molar-refractivity contribution in [1.29, 1.82) is 0 Å². The van der Waals surface area contributed by atoms with Gasteiger partial charge in [-0.3, -0.25) is 0 Å². The van der Waals surface area contributed by atoms with Crippen molar-refractivity contribution in [3.05, 3.63) is 11.6 Å². The summed E-state index contributed by atoms with van der Waals surface area (Å²) in [5.74, 6) is 3.20. The molecule has 0 spiro atoms. The number of rotatable bonds is 6. The molecule has 0 N–H and O–H groups in total. The Morgan fingerprint density at radius 3 is 2.56 bits per heavy atom. The average Bonchev–Trinajstić information content (AvgIpc) is 2.80. The minimum atomic E-state index is 0.809. The van der Waals surface area contributed by atoms with Gasteiger partial charge >= 0.3 is 0 Å². The van der Waals surface area contributed by atoms with Crippen molar-refractivity contribution in [3.63, 3.8) is 0 Å². The van der Waals surface area contributed by atoms with E-state index in [4.69, 9.17) is 0 Å². The van der Waals surface area contributed by atoms with Crippen molar-refractivity contribution in [2.75, 3.05) is 0 Å². The van der Waals surface area contributed by atoms with E-state index in [1.54, 1.807) is 0 Å². The van der Waals surface area contributed by atoms with E-state index in [0.717, 1.165) is 36.5 Å². The summed E-state index contributed by atoms with van der Waals surface area (Å²) in [6, 6.07) is 0. The lowest BCUT2D eigenvalue weighted by Gasteiger charge is -2.21. The normalized spacial score (nSPS) is 17.2. The van der Waals surface area contributed by atoms with Gasteiger partial charge in [0.1, 0.15) is 11.6 Å². The predicted molar refractivity (Wildman–Crippen MR) is 77.8 cm³/mol. The third kappa shape index (κ3) is 3.56. The lowest BCUT2D eigenvalue weighted by molar-refractivity contribution is 0.335. The quantitative estimate of drug-likeness (QED) is 0.740. The topological polar surface area (TPSA) is 30.7 Å². The predicted octanol–water partition coefficient (Wildman–Crippen LogP) is 4.10. The highest BCUT2D eigenvalue weighted by atomic mass is 79.9. The summed E-state index contributed by atoms with van der Waals surface area (Å²) in [6.07, 6.45) is 10.7. The van der Waals surface area contributed by atoms with E-state index < -0.39 is 0 Å². The molecule has 1 aliphatic rings. The minimum absolute atomic E-state index is 0.809. The average molecular weight is 314 g/mol. The first-order chi connectivity index (χ1) is 8.85. The third-order valence-electron chi connectivity index (χ3n) is 3.97. The third-order valence-corrected chi connectivity index (χ3v) is 4.47. The van der Waals surface area contributed by atoms with Crippen molar-refractivity contribution in [2.24, 2.45) is 5.92 Å². The van der Waals surface area contributed by atoms with E-state index >= 15 is 0 Å². The number of aryl methyl sites for hydroxylation is 1. The summed E-state index contributed by atoms with van der Waals surface area (Å²) >= 11 is 3.50. The Labute approximate surface area is 118 Å². The van der Waals surface area contributed by atoms with Gasteiger partial charge in [-0.25, -0.2) is 0 Å².